The minimum atomic E-state index is -3.14. The first-order valence-electron chi connectivity index (χ1n) is 6.87. The Bertz CT molecular complexity index is 511. The van der Waals surface area contributed by atoms with Crippen molar-refractivity contribution < 1.29 is 8.42 Å². The van der Waals surface area contributed by atoms with Gasteiger partial charge in [0, 0.05) is 19.6 Å². The second-order valence-corrected chi connectivity index (χ2v) is 7.04. The fourth-order valence-corrected chi connectivity index (χ4v) is 3.73. The summed E-state index contributed by atoms with van der Waals surface area (Å²) in [5.41, 5.74) is 2.35. The third-order valence-corrected chi connectivity index (χ3v) is 5.57. The molecule has 0 spiro atoms. The van der Waals surface area contributed by atoms with E-state index < -0.39 is 10.0 Å². The molecule has 1 fully saturated rings. The fourth-order valence-electron chi connectivity index (χ4n) is 2.44. The van der Waals surface area contributed by atoms with Crippen LogP contribution in [0.1, 0.15) is 31.0 Å². The number of benzene rings is 1. The number of nitrogens with one attached hydrogen (secondary N) is 1. The first-order chi connectivity index (χ1) is 9.08. The van der Waals surface area contributed by atoms with E-state index in [4.69, 9.17) is 0 Å². The largest absolute Gasteiger partial charge is 0.313 e. The molecule has 1 atom stereocenters. The number of hydrogen-bond acceptors (Lipinski definition) is 3. The van der Waals surface area contributed by atoms with Gasteiger partial charge >= 0.3 is 0 Å². The molecular weight excluding hydrogens is 260 g/mol. The standard InChI is InChI=1S/C14H22N2O2S/c1-3-12-5-7-13(8-6-12)14-11-15-9-10-16(14)19(17,18)4-2/h5-8,14-15H,3-4,9-11H2,1-2H3. The van der Waals surface area contributed by atoms with E-state index in [1.54, 1.807) is 11.2 Å². The normalized spacial score (nSPS) is 21.5. The van der Waals surface area contributed by atoms with Crippen molar-refractivity contribution in [2.75, 3.05) is 25.4 Å². The number of hydrogen-bond donors (Lipinski definition) is 1. The van der Waals surface area contributed by atoms with Gasteiger partial charge in [0.15, 0.2) is 0 Å². The molecule has 0 amide bonds. The topological polar surface area (TPSA) is 49.4 Å². The minimum Gasteiger partial charge on any atom is -0.313 e. The molecule has 1 aliphatic heterocycles. The zero-order chi connectivity index (χ0) is 13.9. The van der Waals surface area contributed by atoms with Crippen molar-refractivity contribution in [3.05, 3.63) is 35.4 Å². The third kappa shape index (κ3) is 3.16. The van der Waals surface area contributed by atoms with Crippen LogP contribution in [0, 0.1) is 0 Å². The van der Waals surface area contributed by atoms with Gasteiger partial charge in [0.2, 0.25) is 10.0 Å². The summed E-state index contributed by atoms with van der Waals surface area (Å²) in [5.74, 6) is 0.163. The van der Waals surface area contributed by atoms with Crippen LogP contribution < -0.4 is 5.32 Å². The molecule has 1 unspecified atom stereocenters. The van der Waals surface area contributed by atoms with Crippen LogP contribution >= 0.6 is 0 Å². The first kappa shape index (κ1) is 14.5. The van der Waals surface area contributed by atoms with E-state index in [0.29, 0.717) is 13.1 Å². The van der Waals surface area contributed by atoms with Crippen molar-refractivity contribution in [2.24, 2.45) is 0 Å². The SMILES string of the molecule is CCc1ccc(C2CNCCN2S(=O)(=O)CC)cc1. The average molecular weight is 282 g/mol. The Kier molecular flexibility index (Phi) is 4.60. The zero-order valence-corrected chi connectivity index (χ0v) is 12.4. The van der Waals surface area contributed by atoms with Crippen LogP contribution in [0.4, 0.5) is 0 Å². The lowest BCUT2D eigenvalue weighted by molar-refractivity contribution is 0.272. The van der Waals surface area contributed by atoms with E-state index in [-0.39, 0.29) is 11.8 Å². The minimum absolute atomic E-state index is 0.0791. The maximum absolute atomic E-state index is 12.2. The number of aryl methyl sites for hydroxylation is 1. The van der Waals surface area contributed by atoms with Crippen LogP contribution in [0.5, 0.6) is 0 Å². The summed E-state index contributed by atoms with van der Waals surface area (Å²) in [7, 11) is -3.14. The monoisotopic (exact) mass is 282 g/mol. The van der Waals surface area contributed by atoms with Crippen LogP contribution in [0.3, 0.4) is 0 Å². The van der Waals surface area contributed by atoms with E-state index in [2.05, 4.69) is 36.5 Å². The summed E-state index contributed by atoms with van der Waals surface area (Å²) in [4.78, 5) is 0. The summed E-state index contributed by atoms with van der Waals surface area (Å²) in [5, 5.41) is 3.28. The second-order valence-electron chi connectivity index (χ2n) is 4.83. The van der Waals surface area contributed by atoms with Crippen LogP contribution in [0.2, 0.25) is 0 Å². The summed E-state index contributed by atoms with van der Waals surface area (Å²) >= 11 is 0. The van der Waals surface area contributed by atoms with Crippen LogP contribution in [0.15, 0.2) is 24.3 Å². The predicted molar refractivity (Wildman–Crippen MR) is 77.6 cm³/mol. The molecule has 0 aliphatic carbocycles. The quantitative estimate of drug-likeness (QED) is 0.911. The maximum Gasteiger partial charge on any atom is 0.214 e. The van der Waals surface area contributed by atoms with Gasteiger partial charge in [-0.15, -0.1) is 0 Å². The van der Waals surface area contributed by atoms with Gasteiger partial charge in [-0.2, -0.15) is 4.31 Å². The Morgan fingerprint density at radius 3 is 2.53 bits per heavy atom. The van der Waals surface area contributed by atoms with Gasteiger partial charge in [-0.1, -0.05) is 31.2 Å². The molecule has 1 aliphatic rings. The maximum atomic E-state index is 12.2. The Morgan fingerprint density at radius 1 is 1.26 bits per heavy atom. The van der Waals surface area contributed by atoms with E-state index in [9.17, 15) is 8.42 Å². The molecule has 0 saturated carbocycles. The lowest BCUT2D eigenvalue weighted by atomic mass is 10.0. The number of piperazine rings is 1. The molecule has 1 heterocycles. The Morgan fingerprint density at radius 2 is 1.95 bits per heavy atom. The number of nitrogens with zero attached hydrogens (tertiary/aromatic N) is 1. The molecular formula is C14H22N2O2S. The molecule has 1 N–H and O–H groups in total. The number of sulfonamides is 1. The van der Waals surface area contributed by atoms with Gasteiger partial charge in [0.05, 0.1) is 11.8 Å². The van der Waals surface area contributed by atoms with Crippen molar-refractivity contribution in [3.63, 3.8) is 0 Å². The molecule has 0 radical (unpaired) electrons. The van der Waals surface area contributed by atoms with Gasteiger partial charge in [-0.25, -0.2) is 8.42 Å². The van der Waals surface area contributed by atoms with Crippen molar-refractivity contribution in [1.82, 2.24) is 9.62 Å². The highest BCUT2D eigenvalue weighted by Gasteiger charge is 2.31. The molecule has 19 heavy (non-hydrogen) atoms. The fraction of sp³-hybridized carbons (Fsp3) is 0.571. The summed E-state index contributed by atoms with van der Waals surface area (Å²) < 4.78 is 26.0. The molecule has 5 heteroatoms. The molecule has 1 aromatic carbocycles. The first-order valence-corrected chi connectivity index (χ1v) is 8.48. The molecule has 0 aromatic heterocycles. The van der Waals surface area contributed by atoms with Gasteiger partial charge in [-0.05, 0) is 24.5 Å². The Balaban J connectivity index is 2.28. The molecule has 2 rings (SSSR count). The third-order valence-electron chi connectivity index (χ3n) is 3.69. The highest BCUT2D eigenvalue weighted by Crippen LogP contribution is 2.25. The molecule has 1 saturated heterocycles. The lowest BCUT2D eigenvalue weighted by Crippen LogP contribution is -2.49. The van der Waals surface area contributed by atoms with Gasteiger partial charge in [0.25, 0.3) is 0 Å². The van der Waals surface area contributed by atoms with Gasteiger partial charge in [0.1, 0.15) is 0 Å². The van der Waals surface area contributed by atoms with Crippen molar-refractivity contribution in [1.29, 1.82) is 0 Å². The Labute approximate surface area is 115 Å². The van der Waals surface area contributed by atoms with E-state index >= 15 is 0 Å². The summed E-state index contributed by atoms with van der Waals surface area (Å²) in [6, 6.07) is 8.19. The van der Waals surface area contributed by atoms with Crippen LogP contribution in [-0.2, 0) is 16.4 Å². The summed E-state index contributed by atoms with van der Waals surface area (Å²) in [6.07, 6.45) is 1.00. The van der Waals surface area contributed by atoms with Gasteiger partial charge < -0.3 is 5.32 Å². The highest BCUT2D eigenvalue weighted by molar-refractivity contribution is 7.89. The predicted octanol–water partition coefficient (Wildman–Crippen LogP) is 1.54. The molecule has 1 aromatic rings. The highest BCUT2D eigenvalue weighted by atomic mass is 32.2. The summed E-state index contributed by atoms with van der Waals surface area (Å²) in [6.45, 7) is 5.78. The van der Waals surface area contributed by atoms with Crippen LogP contribution in [-0.4, -0.2) is 38.1 Å². The van der Waals surface area contributed by atoms with Crippen molar-refractivity contribution >= 4 is 10.0 Å². The number of rotatable bonds is 4. The molecule has 0 bridgehead atoms. The van der Waals surface area contributed by atoms with Crippen molar-refractivity contribution in [3.8, 4) is 0 Å². The smallest absolute Gasteiger partial charge is 0.214 e. The van der Waals surface area contributed by atoms with E-state index in [1.165, 1.54) is 5.56 Å². The van der Waals surface area contributed by atoms with Crippen molar-refractivity contribution in [2.45, 2.75) is 26.3 Å². The van der Waals surface area contributed by atoms with E-state index in [1.807, 2.05) is 0 Å². The second kappa shape index (κ2) is 6.03. The molecule has 4 nitrogen and oxygen atoms in total. The van der Waals surface area contributed by atoms with Crippen LogP contribution in [0.25, 0.3) is 0 Å². The Hall–Kier alpha value is -0.910. The molecule has 106 valence electrons. The zero-order valence-electron chi connectivity index (χ0n) is 11.6. The van der Waals surface area contributed by atoms with E-state index in [0.717, 1.165) is 18.5 Å². The lowest BCUT2D eigenvalue weighted by Gasteiger charge is -2.35. The van der Waals surface area contributed by atoms with Gasteiger partial charge in [-0.3, -0.25) is 0 Å². The average Bonchev–Trinajstić information content (AvgIpc) is 2.47.